The first-order valence-corrected chi connectivity index (χ1v) is 8.84. The van der Waals surface area contributed by atoms with Crippen LogP contribution in [0.1, 0.15) is 33.8 Å². The fraction of sp³-hybridized carbons (Fsp3) is 0.250. The molecule has 1 heterocycles. The Kier molecular flexibility index (Phi) is 4.77. The Bertz CT molecular complexity index is 917. The number of thiophene rings is 1. The Labute approximate surface area is 150 Å². The zero-order chi connectivity index (χ0) is 18.1. The van der Waals surface area contributed by atoms with E-state index in [4.69, 9.17) is 4.74 Å². The monoisotopic (exact) mass is 357 g/mol. The zero-order valence-electron chi connectivity index (χ0n) is 14.7. The largest absolute Gasteiger partial charge is 0.497 e. The third-order valence-corrected chi connectivity index (χ3v) is 5.84. The Morgan fingerprint density at radius 1 is 1.20 bits per heavy atom. The van der Waals surface area contributed by atoms with Crippen LogP contribution in [0, 0.1) is 12.7 Å². The predicted octanol–water partition coefficient (Wildman–Crippen LogP) is 5.19. The topological polar surface area (TPSA) is 29.5 Å². The maximum Gasteiger partial charge on any atom is 0.264 e. The van der Waals surface area contributed by atoms with Crippen molar-refractivity contribution < 1.29 is 13.9 Å². The number of aryl methyl sites for hydroxylation is 1. The third-order valence-electron chi connectivity index (χ3n) is 4.60. The number of carbonyl (C=O) groups is 1. The molecular formula is C20H20FNO2S. The summed E-state index contributed by atoms with van der Waals surface area (Å²) in [5.74, 6) is 0.401. The molecule has 3 aromatic rings. The summed E-state index contributed by atoms with van der Waals surface area (Å²) in [5.41, 5.74) is 1.72. The Hall–Kier alpha value is -2.40. The number of rotatable bonds is 4. The predicted molar refractivity (Wildman–Crippen MR) is 100 cm³/mol. The maximum atomic E-state index is 14.1. The summed E-state index contributed by atoms with van der Waals surface area (Å²) in [6.45, 7) is 3.78. The van der Waals surface area contributed by atoms with Crippen LogP contribution in [-0.2, 0) is 0 Å². The minimum Gasteiger partial charge on any atom is -0.497 e. The fourth-order valence-electron chi connectivity index (χ4n) is 2.90. The van der Waals surface area contributed by atoms with Crippen LogP contribution in [0.4, 0.5) is 4.39 Å². The number of hydrogen-bond donors (Lipinski definition) is 0. The summed E-state index contributed by atoms with van der Waals surface area (Å²) in [5, 5.41) is 0.543. The van der Waals surface area contributed by atoms with Crippen LogP contribution in [-0.4, -0.2) is 25.0 Å². The molecule has 0 fully saturated rings. The van der Waals surface area contributed by atoms with E-state index < -0.39 is 0 Å². The lowest BCUT2D eigenvalue weighted by Crippen LogP contribution is -2.29. The molecule has 3 rings (SSSR count). The Morgan fingerprint density at radius 2 is 1.88 bits per heavy atom. The van der Waals surface area contributed by atoms with Crippen molar-refractivity contribution in [3.63, 3.8) is 0 Å². The summed E-state index contributed by atoms with van der Waals surface area (Å²) in [6.07, 6.45) is 0. The summed E-state index contributed by atoms with van der Waals surface area (Å²) >= 11 is 1.34. The highest BCUT2D eigenvalue weighted by Gasteiger charge is 2.24. The van der Waals surface area contributed by atoms with Gasteiger partial charge in [0, 0.05) is 17.1 Å². The first kappa shape index (κ1) is 17.4. The smallest absolute Gasteiger partial charge is 0.264 e. The average molecular weight is 357 g/mol. The molecular weight excluding hydrogens is 337 g/mol. The van der Waals surface area contributed by atoms with Crippen molar-refractivity contribution in [1.82, 2.24) is 4.90 Å². The van der Waals surface area contributed by atoms with E-state index in [0.717, 1.165) is 16.0 Å². The Balaban J connectivity index is 1.91. The summed E-state index contributed by atoms with van der Waals surface area (Å²) in [7, 11) is 3.40. The van der Waals surface area contributed by atoms with Crippen molar-refractivity contribution in [2.24, 2.45) is 0 Å². The number of nitrogens with zero attached hydrogens (tertiary/aromatic N) is 1. The summed E-state index contributed by atoms with van der Waals surface area (Å²) < 4.78 is 20.1. The number of halogens is 1. The molecule has 0 aliphatic carbocycles. The van der Waals surface area contributed by atoms with Crippen molar-refractivity contribution in [3.05, 3.63) is 64.3 Å². The van der Waals surface area contributed by atoms with Gasteiger partial charge in [-0.15, -0.1) is 11.3 Å². The van der Waals surface area contributed by atoms with E-state index in [0.29, 0.717) is 15.8 Å². The molecule has 1 unspecified atom stereocenters. The molecule has 0 saturated carbocycles. The van der Waals surface area contributed by atoms with Crippen LogP contribution < -0.4 is 4.74 Å². The number of carbonyl (C=O) groups excluding carboxylic acids is 1. The van der Waals surface area contributed by atoms with Crippen LogP contribution in [0.2, 0.25) is 0 Å². The molecule has 1 atom stereocenters. The molecule has 130 valence electrons. The van der Waals surface area contributed by atoms with E-state index in [1.54, 1.807) is 32.0 Å². The molecule has 0 N–H and O–H groups in total. The molecule has 1 amide bonds. The van der Waals surface area contributed by atoms with Gasteiger partial charge in [-0.2, -0.15) is 0 Å². The summed E-state index contributed by atoms with van der Waals surface area (Å²) in [6, 6.07) is 12.5. The second-order valence-corrected chi connectivity index (χ2v) is 7.09. The minimum atomic E-state index is -0.281. The lowest BCUT2D eigenvalue weighted by atomic mass is 10.1. The SMILES string of the molecule is COc1ccc(C(C)N(C)C(=O)c2sc3cccc(F)c3c2C)cc1. The van der Waals surface area contributed by atoms with Gasteiger partial charge in [-0.1, -0.05) is 18.2 Å². The lowest BCUT2D eigenvalue weighted by molar-refractivity contribution is 0.0747. The normalized spacial score (nSPS) is 12.2. The number of methoxy groups -OCH3 is 1. The highest BCUT2D eigenvalue weighted by atomic mass is 32.1. The van der Waals surface area contributed by atoms with Crippen LogP contribution in [0.5, 0.6) is 5.75 Å². The van der Waals surface area contributed by atoms with Gasteiger partial charge in [-0.3, -0.25) is 4.79 Å². The van der Waals surface area contributed by atoms with Gasteiger partial charge in [0.05, 0.1) is 18.0 Å². The second kappa shape index (κ2) is 6.84. The van der Waals surface area contributed by atoms with Gasteiger partial charge in [0.2, 0.25) is 0 Å². The van der Waals surface area contributed by atoms with E-state index in [1.165, 1.54) is 17.4 Å². The minimum absolute atomic E-state index is 0.0959. The van der Waals surface area contributed by atoms with E-state index in [1.807, 2.05) is 37.3 Å². The molecule has 3 nitrogen and oxygen atoms in total. The second-order valence-electron chi connectivity index (χ2n) is 6.03. The number of benzene rings is 2. The molecule has 0 spiro atoms. The van der Waals surface area contributed by atoms with Gasteiger partial charge in [-0.25, -0.2) is 4.39 Å². The van der Waals surface area contributed by atoms with Gasteiger partial charge in [0.1, 0.15) is 11.6 Å². The highest BCUT2D eigenvalue weighted by Crippen LogP contribution is 2.34. The molecule has 0 bridgehead atoms. The number of hydrogen-bond acceptors (Lipinski definition) is 3. The maximum absolute atomic E-state index is 14.1. The van der Waals surface area contributed by atoms with E-state index >= 15 is 0 Å². The lowest BCUT2D eigenvalue weighted by Gasteiger charge is -2.25. The molecule has 0 aliphatic heterocycles. The number of ether oxygens (including phenoxy) is 1. The van der Waals surface area contributed by atoms with E-state index in [2.05, 4.69) is 0 Å². The molecule has 0 aliphatic rings. The fourth-order valence-corrected chi connectivity index (χ4v) is 4.11. The van der Waals surface area contributed by atoms with Crippen LogP contribution in [0.25, 0.3) is 10.1 Å². The standard InChI is InChI=1S/C20H20FNO2S/c1-12-18-16(21)6-5-7-17(18)25-19(12)20(23)22(3)13(2)14-8-10-15(24-4)11-9-14/h5-11,13H,1-4H3. The number of amides is 1. The van der Waals surface area contributed by atoms with Crippen molar-refractivity contribution in [2.45, 2.75) is 19.9 Å². The van der Waals surface area contributed by atoms with Crippen LogP contribution >= 0.6 is 11.3 Å². The molecule has 0 radical (unpaired) electrons. The van der Waals surface area contributed by atoms with Gasteiger partial charge in [-0.05, 0) is 49.2 Å². The van der Waals surface area contributed by atoms with E-state index in [9.17, 15) is 9.18 Å². The average Bonchev–Trinajstić information content (AvgIpc) is 2.98. The summed E-state index contributed by atoms with van der Waals surface area (Å²) in [4.78, 5) is 15.3. The third kappa shape index (κ3) is 3.12. The van der Waals surface area contributed by atoms with Gasteiger partial charge in [0.15, 0.2) is 0 Å². The first-order valence-electron chi connectivity index (χ1n) is 8.02. The van der Waals surface area contributed by atoms with Gasteiger partial charge >= 0.3 is 0 Å². The van der Waals surface area contributed by atoms with E-state index in [-0.39, 0.29) is 17.8 Å². The van der Waals surface area contributed by atoms with Gasteiger partial charge < -0.3 is 9.64 Å². The van der Waals surface area contributed by atoms with Crippen LogP contribution in [0.3, 0.4) is 0 Å². The quantitative estimate of drug-likeness (QED) is 0.643. The molecule has 2 aromatic carbocycles. The molecule has 1 aromatic heterocycles. The highest BCUT2D eigenvalue weighted by molar-refractivity contribution is 7.21. The number of fused-ring (bicyclic) bond motifs is 1. The van der Waals surface area contributed by atoms with Gasteiger partial charge in [0.25, 0.3) is 5.91 Å². The van der Waals surface area contributed by atoms with Crippen molar-refractivity contribution in [1.29, 1.82) is 0 Å². The van der Waals surface area contributed by atoms with Crippen molar-refractivity contribution in [3.8, 4) is 5.75 Å². The zero-order valence-corrected chi connectivity index (χ0v) is 15.5. The molecule has 0 saturated heterocycles. The Morgan fingerprint density at radius 3 is 2.48 bits per heavy atom. The van der Waals surface area contributed by atoms with Crippen molar-refractivity contribution in [2.75, 3.05) is 14.2 Å². The van der Waals surface area contributed by atoms with Crippen LogP contribution in [0.15, 0.2) is 42.5 Å². The molecule has 25 heavy (non-hydrogen) atoms. The first-order chi connectivity index (χ1) is 11.9. The molecule has 5 heteroatoms. The van der Waals surface area contributed by atoms with Crippen molar-refractivity contribution >= 4 is 27.3 Å².